The largest absolute Gasteiger partial charge is 0.493 e. The summed E-state index contributed by atoms with van der Waals surface area (Å²) in [5, 5.41) is 11.1. The predicted molar refractivity (Wildman–Crippen MR) is 103 cm³/mol. The van der Waals surface area contributed by atoms with Crippen LogP contribution >= 0.6 is 11.6 Å². The number of rotatable bonds is 6. The maximum Gasteiger partial charge on any atom is 0.269 e. The van der Waals surface area contributed by atoms with E-state index in [1.54, 1.807) is 31.2 Å². The van der Waals surface area contributed by atoms with Crippen molar-refractivity contribution < 1.29 is 19.1 Å². The number of amides is 2. The smallest absolute Gasteiger partial charge is 0.269 e. The van der Waals surface area contributed by atoms with Crippen molar-refractivity contribution in [3.63, 3.8) is 0 Å². The Balaban J connectivity index is 1.65. The fourth-order valence-corrected chi connectivity index (χ4v) is 2.70. The zero-order valence-electron chi connectivity index (χ0n) is 15.5. The summed E-state index contributed by atoms with van der Waals surface area (Å²) in [5.41, 5.74) is 5.91. The van der Waals surface area contributed by atoms with Crippen LogP contribution in [0.4, 0.5) is 0 Å². The Hall–Kier alpha value is -3.66. The van der Waals surface area contributed by atoms with Crippen LogP contribution in [0.5, 0.6) is 11.5 Å². The molecule has 1 aromatic heterocycles. The molecule has 0 bridgehead atoms. The number of carbonyl (C=O) groups excluding carboxylic acids is 2. The van der Waals surface area contributed by atoms with Crippen LogP contribution in [-0.4, -0.2) is 45.7 Å². The molecule has 3 rings (SSSR count). The van der Waals surface area contributed by atoms with Gasteiger partial charge in [0.2, 0.25) is 0 Å². The molecular formula is C18H17ClN6O4. The number of aromatic nitrogens is 4. The summed E-state index contributed by atoms with van der Waals surface area (Å²) in [6.45, 7) is 2.20. The van der Waals surface area contributed by atoms with Crippen LogP contribution in [0.15, 0.2) is 42.7 Å². The number of nitrogens with zero attached hydrogens (tertiary/aromatic N) is 4. The Bertz CT molecular complexity index is 1010. The number of hydrazine groups is 1. The summed E-state index contributed by atoms with van der Waals surface area (Å²) in [7, 11) is 1.44. The van der Waals surface area contributed by atoms with Crippen LogP contribution in [0.1, 0.15) is 27.6 Å². The van der Waals surface area contributed by atoms with Gasteiger partial charge in [0.1, 0.15) is 6.33 Å². The van der Waals surface area contributed by atoms with Gasteiger partial charge in [-0.2, -0.15) is 0 Å². The van der Waals surface area contributed by atoms with Gasteiger partial charge >= 0.3 is 0 Å². The minimum atomic E-state index is -0.563. The molecule has 0 radical (unpaired) electrons. The second-order valence-electron chi connectivity index (χ2n) is 5.63. The number of ether oxygens (including phenoxy) is 2. The molecule has 0 saturated carbocycles. The van der Waals surface area contributed by atoms with E-state index in [1.165, 1.54) is 30.3 Å². The Morgan fingerprint density at radius 1 is 1.10 bits per heavy atom. The minimum Gasteiger partial charge on any atom is -0.493 e. The third-order valence-corrected chi connectivity index (χ3v) is 4.09. The van der Waals surface area contributed by atoms with E-state index in [4.69, 9.17) is 21.1 Å². The average Bonchev–Trinajstić information content (AvgIpc) is 3.28. The molecule has 2 aromatic carbocycles. The second kappa shape index (κ2) is 9.02. The average molecular weight is 417 g/mol. The molecule has 0 saturated heterocycles. The zero-order valence-corrected chi connectivity index (χ0v) is 16.3. The molecule has 2 amide bonds. The van der Waals surface area contributed by atoms with E-state index in [0.29, 0.717) is 29.4 Å². The number of nitrogens with one attached hydrogen (secondary N) is 2. The maximum absolute atomic E-state index is 12.4. The summed E-state index contributed by atoms with van der Waals surface area (Å²) in [5.74, 6) is -0.397. The van der Waals surface area contributed by atoms with Gasteiger partial charge in [0.05, 0.1) is 24.4 Å². The molecule has 11 heteroatoms. The molecule has 0 aliphatic heterocycles. The lowest BCUT2D eigenvalue weighted by atomic mass is 10.2. The van der Waals surface area contributed by atoms with Gasteiger partial charge in [-0.05, 0) is 53.7 Å². The highest BCUT2D eigenvalue weighted by Gasteiger charge is 2.16. The van der Waals surface area contributed by atoms with Gasteiger partial charge in [0, 0.05) is 11.1 Å². The van der Waals surface area contributed by atoms with Crippen LogP contribution in [0.2, 0.25) is 5.02 Å². The van der Waals surface area contributed by atoms with Gasteiger partial charge in [-0.3, -0.25) is 20.4 Å². The Kier molecular flexibility index (Phi) is 6.25. The lowest BCUT2D eigenvalue weighted by Crippen LogP contribution is -2.41. The number of tetrazole rings is 1. The molecule has 0 spiro atoms. The molecule has 1 heterocycles. The first-order valence-electron chi connectivity index (χ1n) is 8.48. The molecule has 10 nitrogen and oxygen atoms in total. The Morgan fingerprint density at radius 3 is 2.38 bits per heavy atom. The van der Waals surface area contributed by atoms with Gasteiger partial charge in [-0.1, -0.05) is 11.6 Å². The first kappa shape index (κ1) is 20.1. The summed E-state index contributed by atoms with van der Waals surface area (Å²) < 4.78 is 12.1. The molecule has 0 atom stereocenters. The summed E-state index contributed by atoms with van der Waals surface area (Å²) in [6.07, 6.45) is 1.44. The van der Waals surface area contributed by atoms with Gasteiger partial charge in [-0.25, -0.2) is 4.68 Å². The van der Waals surface area contributed by atoms with Crippen molar-refractivity contribution in [1.82, 2.24) is 31.1 Å². The van der Waals surface area contributed by atoms with Crippen molar-refractivity contribution in [3.05, 3.63) is 58.9 Å². The van der Waals surface area contributed by atoms with Crippen molar-refractivity contribution in [3.8, 4) is 17.2 Å². The third kappa shape index (κ3) is 4.61. The molecule has 2 N–H and O–H groups in total. The van der Waals surface area contributed by atoms with Crippen LogP contribution in [-0.2, 0) is 0 Å². The van der Waals surface area contributed by atoms with Crippen LogP contribution in [0.25, 0.3) is 5.69 Å². The Labute approximate surface area is 170 Å². The molecular weight excluding hydrogens is 400 g/mol. The number of halogens is 1. The first-order chi connectivity index (χ1) is 14.0. The number of carbonyl (C=O) groups is 2. The number of hydrogen-bond acceptors (Lipinski definition) is 7. The fraction of sp³-hybridized carbons (Fsp3) is 0.167. The second-order valence-corrected chi connectivity index (χ2v) is 6.04. The Morgan fingerprint density at radius 2 is 1.79 bits per heavy atom. The van der Waals surface area contributed by atoms with Crippen molar-refractivity contribution in [2.75, 3.05) is 13.7 Å². The summed E-state index contributed by atoms with van der Waals surface area (Å²) in [6, 6.07) is 9.40. The van der Waals surface area contributed by atoms with E-state index in [9.17, 15) is 9.59 Å². The van der Waals surface area contributed by atoms with E-state index in [2.05, 4.69) is 26.4 Å². The summed E-state index contributed by atoms with van der Waals surface area (Å²) >= 11 is 6.16. The zero-order chi connectivity index (χ0) is 20.8. The van der Waals surface area contributed by atoms with E-state index >= 15 is 0 Å². The normalized spacial score (nSPS) is 10.3. The quantitative estimate of drug-likeness (QED) is 0.588. The highest BCUT2D eigenvalue weighted by molar-refractivity contribution is 6.32. The standard InChI is InChI=1S/C18H17ClN6O4/c1-3-29-16-14(19)8-12(9-15(16)28-2)18(27)22-21-17(26)11-4-6-13(7-5-11)25-10-20-23-24-25/h4-10H,3H2,1-2H3,(H,21,26)(H,22,27). The number of hydrogen-bond donors (Lipinski definition) is 2. The molecule has 0 aliphatic carbocycles. The highest BCUT2D eigenvalue weighted by atomic mass is 35.5. The van der Waals surface area contributed by atoms with Crippen molar-refractivity contribution >= 4 is 23.4 Å². The number of benzene rings is 2. The predicted octanol–water partition coefficient (Wildman–Crippen LogP) is 1.80. The van der Waals surface area contributed by atoms with E-state index < -0.39 is 11.8 Å². The van der Waals surface area contributed by atoms with E-state index in [0.717, 1.165) is 0 Å². The van der Waals surface area contributed by atoms with E-state index in [1.807, 2.05) is 0 Å². The van der Waals surface area contributed by atoms with Crippen LogP contribution in [0.3, 0.4) is 0 Å². The summed E-state index contributed by atoms with van der Waals surface area (Å²) in [4.78, 5) is 24.6. The lowest BCUT2D eigenvalue weighted by molar-refractivity contribution is 0.0846. The van der Waals surface area contributed by atoms with Crippen LogP contribution < -0.4 is 20.3 Å². The van der Waals surface area contributed by atoms with Gasteiger partial charge in [0.15, 0.2) is 11.5 Å². The monoisotopic (exact) mass is 416 g/mol. The van der Waals surface area contributed by atoms with Gasteiger partial charge in [0.25, 0.3) is 11.8 Å². The molecule has 0 aliphatic rings. The first-order valence-corrected chi connectivity index (χ1v) is 8.85. The topological polar surface area (TPSA) is 120 Å². The molecule has 3 aromatic rings. The molecule has 29 heavy (non-hydrogen) atoms. The SMILES string of the molecule is CCOc1c(Cl)cc(C(=O)NNC(=O)c2ccc(-n3cnnn3)cc2)cc1OC. The maximum atomic E-state index is 12.4. The number of methoxy groups -OCH3 is 1. The minimum absolute atomic E-state index is 0.199. The third-order valence-electron chi connectivity index (χ3n) is 3.81. The molecule has 0 fully saturated rings. The lowest BCUT2D eigenvalue weighted by Gasteiger charge is -2.13. The van der Waals surface area contributed by atoms with Crippen LogP contribution in [0, 0.1) is 0 Å². The molecule has 150 valence electrons. The fourth-order valence-electron chi connectivity index (χ4n) is 2.44. The molecule has 0 unspecified atom stereocenters. The highest BCUT2D eigenvalue weighted by Crippen LogP contribution is 2.36. The van der Waals surface area contributed by atoms with Crippen molar-refractivity contribution in [2.24, 2.45) is 0 Å². The van der Waals surface area contributed by atoms with Crippen molar-refractivity contribution in [2.45, 2.75) is 6.92 Å². The van der Waals surface area contributed by atoms with Gasteiger partial charge in [-0.15, -0.1) is 5.10 Å². The van der Waals surface area contributed by atoms with Gasteiger partial charge < -0.3 is 9.47 Å². The van der Waals surface area contributed by atoms with Crippen molar-refractivity contribution in [1.29, 1.82) is 0 Å². The van der Waals surface area contributed by atoms with E-state index in [-0.39, 0.29) is 10.6 Å².